The van der Waals surface area contributed by atoms with Gasteiger partial charge in [0.1, 0.15) is 22.7 Å². The first-order valence-corrected chi connectivity index (χ1v) is 8.18. The summed E-state index contributed by atoms with van der Waals surface area (Å²) < 4.78 is 10.4. The SMILES string of the molecule is COc1ccc(NC(=O)COc2ccc([N+](=O)[O-])c3cccnc23)c([N+](=O)[O-])c1. The highest BCUT2D eigenvalue weighted by molar-refractivity contribution is 5.95. The van der Waals surface area contributed by atoms with Gasteiger partial charge in [-0.2, -0.15) is 0 Å². The summed E-state index contributed by atoms with van der Waals surface area (Å²) in [5.74, 6) is -0.208. The van der Waals surface area contributed by atoms with Crippen LogP contribution in [-0.4, -0.2) is 34.5 Å². The standard InChI is InChI=1S/C18H14N4O7/c1-28-11-4-5-13(15(9-11)22(26)27)20-17(23)10-29-16-7-6-14(21(24)25)12-3-2-8-19-18(12)16/h2-9H,10H2,1H3,(H,20,23). The molecule has 0 aliphatic heterocycles. The van der Waals surface area contributed by atoms with Crippen LogP contribution in [0.5, 0.6) is 11.5 Å². The first-order valence-electron chi connectivity index (χ1n) is 8.18. The van der Waals surface area contributed by atoms with E-state index in [-0.39, 0.29) is 39.5 Å². The maximum Gasteiger partial charge on any atom is 0.296 e. The average molecular weight is 398 g/mol. The Balaban J connectivity index is 1.78. The summed E-state index contributed by atoms with van der Waals surface area (Å²) in [4.78, 5) is 37.4. The first-order chi connectivity index (χ1) is 13.9. The number of aromatic nitrogens is 1. The molecule has 0 bridgehead atoms. The van der Waals surface area contributed by atoms with Crippen LogP contribution in [0.15, 0.2) is 48.7 Å². The number of rotatable bonds is 7. The van der Waals surface area contributed by atoms with Gasteiger partial charge in [0.15, 0.2) is 6.61 Å². The van der Waals surface area contributed by atoms with Crippen LogP contribution in [0, 0.1) is 20.2 Å². The number of amides is 1. The molecule has 0 spiro atoms. The van der Waals surface area contributed by atoms with Crippen LogP contribution in [0.25, 0.3) is 10.9 Å². The molecule has 1 aromatic heterocycles. The van der Waals surface area contributed by atoms with E-state index >= 15 is 0 Å². The Kier molecular flexibility index (Phi) is 5.49. The average Bonchev–Trinajstić information content (AvgIpc) is 2.71. The van der Waals surface area contributed by atoms with Crippen LogP contribution in [-0.2, 0) is 4.79 Å². The summed E-state index contributed by atoms with van der Waals surface area (Å²) in [5.41, 5.74) is -0.264. The van der Waals surface area contributed by atoms with Gasteiger partial charge >= 0.3 is 0 Å². The summed E-state index contributed by atoms with van der Waals surface area (Å²) in [6.45, 7) is -0.479. The Labute approximate surface area is 163 Å². The lowest BCUT2D eigenvalue weighted by Gasteiger charge is -2.10. The number of fused-ring (bicyclic) bond motifs is 1. The van der Waals surface area contributed by atoms with Crippen LogP contribution in [0.1, 0.15) is 0 Å². The molecule has 0 aliphatic rings. The van der Waals surface area contributed by atoms with Crippen molar-refractivity contribution >= 4 is 33.9 Å². The van der Waals surface area contributed by atoms with Crippen molar-refractivity contribution in [3.8, 4) is 11.5 Å². The van der Waals surface area contributed by atoms with Gasteiger partial charge in [0, 0.05) is 12.3 Å². The van der Waals surface area contributed by atoms with Crippen molar-refractivity contribution in [3.05, 3.63) is 68.9 Å². The van der Waals surface area contributed by atoms with Crippen molar-refractivity contribution in [2.75, 3.05) is 19.0 Å². The van der Waals surface area contributed by atoms with Crippen molar-refractivity contribution in [2.45, 2.75) is 0 Å². The smallest absolute Gasteiger partial charge is 0.296 e. The second-order valence-corrected chi connectivity index (χ2v) is 5.72. The molecule has 11 nitrogen and oxygen atoms in total. The van der Waals surface area contributed by atoms with Crippen LogP contribution >= 0.6 is 0 Å². The highest BCUT2D eigenvalue weighted by Gasteiger charge is 2.19. The number of carbonyl (C=O) groups excluding carboxylic acids is 1. The molecule has 0 aliphatic carbocycles. The van der Waals surface area contributed by atoms with E-state index in [0.717, 1.165) is 0 Å². The lowest BCUT2D eigenvalue weighted by atomic mass is 10.1. The summed E-state index contributed by atoms with van der Waals surface area (Å²) in [7, 11) is 1.37. The number of nitrogens with zero attached hydrogens (tertiary/aromatic N) is 3. The normalized spacial score (nSPS) is 10.4. The fourth-order valence-electron chi connectivity index (χ4n) is 2.63. The monoisotopic (exact) mass is 398 g/mol. The van der Waals surface area contributed by atoms with E-state index in [2.05, 4.69) is 10.3 Å². The molecule has 0 atom stereocenters. The fourth-order valence-corrected chi connectivity index (χ4v) is 2.63. The molecule has 0 radical (unpaired) electrons. The van der Waals surface area contributed by atoms with Crippen LogP contribution < -0.4 is 14.8 Å². The van der Waals surface area contributed by atoms with Gasteiger partial charge in [-0.1, -0.05) is 0 Å². The molecule has 0 saturated carbocycles. The van der Waals surface area contributed by atoms with Gasteiger partial charge in [-0.15, -0.1) is 0 Å². The third kappa shape index (κ3) is 4.18. The minimum atomic E-state index is -0.652. The van der Waals surface area contributed by atoms with Gasteiger partial charge < -0.3 is 14.8 Å². The Hall–Kier alpha value is -4.28. The molecule has 1 N–H and O–H groups in total. The highest BCUT2D eigenvalue weighted by atomic mass is 16.6. The number of carbonyl (C=O) groups is 1. The second kappa shape index (κ2) is 8.17. The van der Waals surface area contributed by atoms with E-state index in [0.29, 0.717) is 0 Å². The maximum atomic E-state index is 12.2. The third-order valence-electron chi connectivity index (χ3n) is 3.94. The molecule has 148 valence electrons. The number of nitrogens with one attached hydrogen (secondary N) is 1. The molecule has 1 amide bonds. The van der Waals surface area contributed by atoms with Crippen LogP contribution in [0.4, 0.5) is 17.1 Å². The molecule has 3 aromatic rings. The van der Waals surface area contributed by atoms with Gasteiger partial charge in [-0.05, 0) is 30.3 Å². The maximum absolute atomic E-state index is 12.2. The lowest BCUT2D eigenvalue weighted by molar-refractivity contribution is -0.384. The molecule has 11 heteroatoms. The van der Waals surface area contributed by atoms with Gasteiger partial charge in [-0.3, -0.25) is 30.0 Å². The fraction of sp³-hybridized carbons (Fsp3) is 0.111. The number of pyridine rings is 1. The van der Waals surface area contributed by atoms with E-state index in [9.17, 15) is 25.0 Å². The zero-order chi connectivity index (χ0) is 21.0. The Morgan fingerprint density at radius 3 is 2.55 bits per heavy atom. The summed E-state index contributed by atoms with van der Waals surface area (Å²) in [6, 6.07) is 9.67. The molecule has 0 fully saturated rings. The summed E-state index contributed by atoms with van der Waals surface area (Å²) in [5, 5.41) is 25.0. The quantitative estimate of drug-likeness (QED) is 0.472. The van der Waals surface area contributed by atoms with Gasteiger partial charge in [0.05, 0.1) is 28.4 Å². The summed E-state index contributed by atoms with van der Waals surface area (Å²) in [6.07, 6.45) is 1.44. The minimum Gasteiger partial charge on any atom is -0.496 e. The largest absolute Gasteiger partial charge is 0.496 e. The topological polar surface area (TPSA) is 147 Å². The van der Waals surface area contributed by atoms with Crippen molar-refractivity contribution in [1.82, 2.24) is 4.98 Å². The molecule has 29 heavy (non-hydrogen) atoms. The third-order valence-corrected chi connectivity index (χ3v) is 3.94. The summed E-state index contributed by atoms with van der Waals surface area (Å²) >= 11 is 0. The molecule has 3 rings (SSSR count). The molecule has 0 saturated heterocycles. The Morgan fingerprint density at radius 2 is 1.86 bits per heavy atom. The Bertz CT molecular complexity index is 1120. The van der Waals surface area contributed by atoms with E-state index in [4.69, 9.17) is 9.47 Å². The zero-order valence-corrected chi connectivity index (χ0v) is 15.0. The van der Waals surface area contributed by atoms with Gasteiger partial charge in [-0.25, -0.2) is 0 Å². The number of hydrogen-bond acceptors (Lipinski definition) is 8. The van der Waals surface area contributed by atoms with Crippen LogP contribution in [0.3, 0.4) is 0 Å². The molecule has 0 unspecified atom stereocenters. The number of non-ortho nitro benzene ring substituents is 1. The number of benzene rings is 2. The number of ether oxygens (including phenoxy) is 2. The number of hydrogen-bond donors (Lipinski definition) is 1. The van der Waals surface area contributed by atoms with E-state index in [1.165, 1.54) is 49.7 Å². The van der Waals surface area contributed by atoms with Gasteiger partial charge in [0.25, 0.3) is 17.3 Å². The van der Waals surface area contributed by atoms with Crippen molar-refractivity contribution in [1.29, 1.82) is 0 Å². The number of methoxy groups -OCH3 is 1. The van der Waals surface area contributed by atoms with Gasteiger partial charge in [0.2, 0.25) is 0 Å². The van der Waals surface area contributed by atoms with Crippen molar-refractivity contribution < 1.29 is 24.1 Å². The lowest BCUT2D eigenvalue weighted by Crippen LogP contribution is -2.21. The predicted molar refractivity (Wildman–Crippen MR) is 102 cm³/mol. The molecule has 2 aromatic carbocycles. The molecular formula is C18H14N4O7. The number of anilines is 1. The van der Waals surface area contributed by atoms with E-state index in [1.54, 1.807) is 6.07 Å². The molecule has 1 heterocycles. The van der Waals surface area contributed by atoms with Crippen LogP contribution in [0.2, 0.25) is 0 Å². The van der Waals surface area contributed by atoms with Crippen molar-refractivity contribution in [3.63, 3.8) is 0 Å². The minimum absolute atomic E-state index is 0.0175. The van der Waals surface area contributed by atoms with Crippen molar-refractivity contribution in [2.24, 2.45) is 0 Å². The first kappa shape index (κ1) is 19.5. The Morgan fingerprint density at radius 1 is 1.10 bits per heavy atom. The zero-order valence-electron chi connectivity index (χ0n) is 15.0. The second-order valence-electron chi connectivity index (χ2n) is 5.72. The number of nitro groups is 2. The molecular weight excluding hydrogens is 384 g/mol. The van der Waals surface area contributed by atoms with E-state index in [1.807, 2.05) is 0 Å². The number of nitro benzene ring substituents is 2. The van der Waals surface area contributed by atoms with E-state index < -0.39 is 22.4 Å². The highest BCUT2D eigenvalue weighted by Crippen LogP contribution is 2.32. The predicted octanol–water partition coefficient (Wildman–Crippen LogP) is 3.08.